The molecule has 1 aliphatic rings. The molecule has 0 fully saturated rings. The van der Waals surface area contributed by atoms with Gasteiger partial charge < -0.3 is 5.32 Å². The maximum absolute atomic E-state index is 12.1. The first-order valence-electron chi connectivity index (χ1n) is 6.75. The van der Waals surface area contributed by atoms with Gasteiger partial charge in [0.1, 0.15) is 0 Å². The van der Waals surface area contributed by atoms with Crippen LogP contribution in [0.2, 0.25) is 0 Å². The SMILES string of the molecule is CNc1nn(-c2nc(C)cc(C)n2)c2c1C(=O)CCC2. The summed E-state index contributed by atoms with van der Waals surface area (Å²) in [6.07, 6.45) is 2.26. The Morgan fingerprint density at radius 1 is 1.20 bits per heavy atom. The molecule has 6 nitrogen and oxygen atoms in total. The summed E-state index contributed by atoms with van der Waals surface area (Å²) >= 11 is 0. The van der Waals surface area contributed by atoms with Crippen molar-refractivity contribution in [3.63, 3.8) is 0 Å². The van der Waals surface area contributed by atoms with Crippen molar-refractivity contribution in [2.75, 3.05) is 12.4 Å². The third-order valence-corrected chi connectivity index (χ3v) is 3.47. The van der Waals surface area contributed by atoms with E-state index in [2.05, 4.69) is 20.4 Å². The van der Waals surface area contributed by atoms with Crippen LogP contribution in [0.1, 0.15) is 40.3 Å². The molecule has 0 radical (unpaired) electrons. The van der Waals surface area contributed by atoms with Gasteiger partial charge in [-0.2, -0.15) is 0 Å². The predicted octanol–water partition coefficient (Wildman–Crippen LogP) is 1.84. The molecular formula is C14H17N5O. The van der Waals surface area contributed by atoms with Crippen LogP contribution in [0.15, 0.2) is 6.07 Å². The molecule has 0 saturated carbocycles. The van der Waals surface area contributed by atoms with E-state index in [1.54, 1.807) is 11.7 Å². The number of hydrogen-bond donors (Lipinski definition) is 1. The van der Waals surface area contributed by atoms with Gasteiger partial charge in [0.25, 0.3) is 5.95 Å². The molecule has 0 amide bonds. The summed E-state index contributed by atoms with van der Waals surface area (Å²) in [4.78, 5) is 21.0. The summed E-state index contributed by atoms with van der Waals surface area (Å²) in [6.45, 7) is 3.86. The van der Waals surface area contributed by atoms with Gasteiger partial charge in [0.15, 0.2) is 11.6 Å². The molecule has 1 aliphatic carbocycles. The highest BCUT2D eigenvalue weighted by atomic mass is 16.1. The monoisotopic (exact) mass is 271 g/mol. The highest BCUT2D eigenvalue weighted by molar-refractivity contribution is 6.02. The van der Waals surface area contributed by atoms with E-state index in [4.69, 9.17) is 0 Å². The minimum absolute atomic E-state index is 0.145. The molecule has 0 saturated heterocycles. The van der Waals surface area contributed by atoms with Crippen molar-refractivity contribution in [1.29, 1.82) is 0 Å². The van der Waals surface area contributed by atoms with Crippen molar-refractivity contribution in [3.05, 3.63) is 28.7 Å². The molecule has 6 heteroatoms. The zero-order valence-corrected chi connectivity index (χ0v) is 11.9. The van der Waals surface area contributed by atoms with E-state index in [0.29, 0.717) is 23.8 Å². The molecule has 0 aliphatic heterocycles. The number of nitrogens with zero attached hydrogens (tertiary/aromatic N) is 4. The Morgan fingerprint density at radius 3 is 2.55 bits per heavy atom. The average molecular weight is 271 g/mol. The Morgan fingerprint density at radius 2 is 1.90 bits per heavy atom. The number of fused-ring (bicyclic) bond motifs is 1. The number of anilines is 1. The second-order valence-corrected chi connectivity index (χ2v) is 5.06. The van der Waals surface area contributed by atoms with Crippen molar-refractivity contribution >= 4 is 11.6 Å². The van der Waals surface area contributed by atoms with Crippen LogP contribution in [0.25, 0.3) is 5.95 Å². The summed E-state index contributed by atoms with van der Waals surface area (Å²) in [5, 5.41) is 7.47. The number of carbonyl (C=O) groups is 1. The number of nitrogens with one attached hydrogen (secondary N) is 1. The molecule has 104 valence electrons. The van der Waals surface area contributed by atoms with Crippen LogP contribution in [0.3, 0.4) is 0 Å². The summed E-state index contributed by atoms with van der Waals surface area (Å²) in [5.74, 6) is 1.30. The molecule has 1 N–H and O–H groups in total. The Labute approximate surface area is 117 Å². The predicted molar refractivity (Wildman–Crippen MR) is 75.4 cm³/mol. The van der Waals surface area contributed by atoms with Gasteiger partial charge in [0.2, 0.25) is 0 Å². The smallest absolute Gasteiger partial charge is 0.251 e. The Kier molecular flexibility index (Phi) is 3.00. The number of Topliss-reactive ketones (excluding diaryl/α,β-unsaturated/α-hetero) is 1. The normalized spacial score (nSPS) is 14.2. The third kappa shape index (κ3) is 1.97. The Balaban J connectivity index is 2.22. The summed E-state index contributed by atoms with van der Waals surface area (Å²) < 4.78 is 1.71. The first kappa shape index (κ1) is 12.8. The number of hydrogen-bond acceptors (Lipinski definition) is 5. The lowest BCUT2D eigenvalue weighted by Gasteiger charge is -2.12. The van der Waals surface area contributed by atoms with Crippen LogP contribution in [0, 0.1) is 13.8 Å². The van der Waals surface area contributed by atoms with Crippen LogP contribution in [0.4, 0.5) is 5.82 Å². The van der Waals surface area contributed by atoms with E-state index in [0.717, 1.165) is 29.9 Å². The van der Waals surface area contributed by atoms with Gasteiger partial charge in [-0.05, 0) is 32.8 Å². The Hall–Kier alpha value is -2.24. The second kappa shape index (κ2) is 4.70. The van der Waals surface area contributed by atoms with Crippen molar-refractivity contribution in [2.45, 2.75) is 33.1 Å². The zero-order chi connectivity index (χ0) is 14.3. The summed E-state index contributed by atoms with van der Waals surface area (Å²) in [5.41, 5.74) is 3.40. The van der Waals surface area contributed by atoms with E-state index in [-0.39, 0.29) is 5.78 Å². The number of carbonyl (C=O) groups excluding carboxylic acids is 1. The summed E-state index contributed by atoms with van der Waals surface area (Å²) in [6, 6.07) is 1.92. The lowest BCUT2D eigenvalue weighted by molar-refractivity contribution is 0.0973. The molecule has 0 bridgehead atoms. The van der Waals surface area contributed by atoms with Crippen LogP contribution < -0.4 is 5.32 Å². The largest absolute Gasteiger partial charge is 0.371 e. The topological polar surface area (TPSA) is 72.7 Å². The van der Waals surface area contributed by atoms with Crippen LogP contribution in [-0.4, -0.2) is 32.6 Å². The first-order chi connectivity index (χ1) is 9.60. The molecule has 3 rings (SSSR count). The minimum atomic E-state index is 0.145. The third-order valence-electron chi connectivity index (χ3n) is 3.47. The molecule has 20 heavy (non-hydrogen) atoms. The maximum atomic E-state index is 12.1. The standard InChI is InChI=1S/C14H17N5O/c1-8-7-9(2)17-14(16-8)19-10-5-4-6-11(20)12(10)13(15-3)18-19/h7H,4-6H2,1-3H3,(H,15,18). The van der Waals surface area contributed by atoms with Gasteiger partial charge >= 0.3 is 0 Å². The maximum Gasteiger partial charge on any atom is 0.251 e. The fourth-order valence-electron chi connectivity index (χ4n) is 2.66. The van der Waals surface area contributed by atoms with Crippen molar-refractivity contribution in [3.8, 4) is 5.95 Å². The van der Waals surface area contributed by atoms with E-state index in [9.17, 15) is 4.79 Å². The number of aryl methyl sites for hydroxylation is 2. The fourth-order valence-corrected chi connectivity index (χ4v) is 2.66. The molecule has 2 heterocycles. The minimum Gasteiger partial charge on any atom is -0.371 e. The number of aromatic nitrogens is 4. The van der Waals surface area contributed by atoms with Gasteiger partial charge in [0, 0.05) is 24.9 Å². The van der Waals surface area contributed by atoms with Crippen LogP contribution >= 0.6 is 0 Å². The molecule has 0 aromatic carbocycles. The van der Waals surface area contributed by atoms with E-state index in [1.165, 1.54) is 0 Å². The first-order valence-corrected chi connectivity index (χ1v) is 6.75. The Bertz CT molecular complexity index is 669. The van der Waals surface area contributed by atoms with Crippen LogP contribution in [0.5, 0.6) is 0 Å². The summed E-state index contributed by atoms with van der Waals surface area (Å²) in [7, 11) is 1.77. The molecule has 0 atom stereocenters. The number of ketones is 1. The van der Waals surface area contributed by atoms with Crippen molar-refractivity contribution in [1.82, 2.24) is 19.7 Å². The van der Waals surface area contributed by atoms with Gasteiger partial charge in [-0.3, -0.25) is 4.79 Å². The lowest BCUT2D eigenvalue weighted by atomic mass is 9.96. The zero-order valence-electron chi connectivity index (χ0n) is 11.9. The molecule has 2 aromatic heterocycles. The van der Waals surface area contributed by atoms with Gasteiger partial charge in [0.05, 0.1) is 11.3 Å². The van der Waals surface area contributed by atoms with Gasteiger partial charge in [-0.25, -0.2) is 14.6 Å². The van der Waals surface area contributed by atoms with Crippen LogP contribution in [-0.2, 0) is 6.42 Å². The van der Waals surface area contributed by atoms with Crippen molar-refractivity contribution in [2.24, 2.45) is 0 Å². The van der Waals surface area contributed by atoms with E-state index in [1.807, 2.05) is 19.9 Å². The second-order valence-electron chi connectivity index (χ2n) is 5.06. The van der Waals surface area contributed by atoms with Gasteiger partial charge in [-0.15, -0.1) is 5.10 Å². The van der Waals surface area contributed by atoms with E-state index >= 15 is 0 Å². The quantitative estimate of drug-likeness (QED) is 0.902. The van der Waals surface area contributed by atoms with Crippen molar-refractivity contribution < 1.29 is 4.79 Å². The average Bonchev–Trinajstić information content (AvgIpc) is 2.78. The highest BCUT2D eigenvalue weighted by Gasteiger charge is 2.27. The fraction of sp³-hybridized carbons (Fsp3) is 0.429. The van der Waals surface area contributed by atoms with Gasteiger partial charge in [-0.1, -0.05) is 0 Å². The highest BCUT2D eigenvalue weighted by Crippen LogP contribution is 2.28. The molecule has 0 spiro atoms. The molecule has 0 unspecified atom stereocenters. The molecular weight excluding hydrogens is 254 g/mol. The lowest BCUT2D eigenvalue weighted by Crippen LogP contribution is -2.15. The number of rotatable bonds is 2. The molecule has 2 aromatic rings. The van der Waals surface area contributed by atoms with E-state index < -0.39 is 0 Å².